The average Bonchev–Trinajstić information content (AvgIpc) is 2.58. The fraction of sp³-hybridized carbons (Fsp3) is 0.316. The van der Waals surface area contributed by atoms with Gasteiger partial charge in [-0.15, -0.1) is 0 Å². The van der Waals surface area contributed by atoms with E-state index in [0.717, 1.165) is 5.56 Å². The summed E-state index contributed by atoms with van der Waals surface area (Å²) in [5.41, 5.74) is 2.87. The van der Waals surface area contributed by atoms with Crippen molar-refractivity contribution in [3.05, 3.63) is 65.2 Å². The molecule has 0 unspecified atom stereocenters. The van der Waals surface area contributed by atoms with E-state index in [4.69, 9.17) is 9.47 Å². The standard InChI is InChI=1S/C19H23NO3/c1-3-22-11-12-23-18-6-4-5-17(13-18)19(21)20-14-16-9-7-15(2)8-10-16/h4-10,13H,3,11-12,14H2,1-2H3,(H,20,21). The van der Waals surface area contributed by atoms with Gasteiger partial charge < -0.3 is 14.8 Å². The van der Waals surface area contributed by atoms with E-state index < -0.39 is 0 Å². The minimum absolute atomic E-state index is 0.110. The number of amides is 1. The van der Waals surface area contributed by atoms with Gasteiger partial charge in [0.25, 0.3) is 5.91 Å². The topological polar surface area (TPSA) is 47.6 Å². The first kappa shape index (κ1) is 17.0. The minimum atomic E-state index is -0.110. The summed E-state index contributed by atoms with van der Waals surface area (Å²) in [5, 5.41) is 2.92. The molecule has 4 heteroatoms. The van der Waals surface area contributed by atoms with Gasteiger partial charge in [-0.3, -0.25) is 4.79 Å². The molecule has 0 aliphatic heterocycles. The van der Waals surface area contributed by atoms with E-state index in [-0.39, 0.29) is 5.91 Å². The highest BCUT2D eigenvalue weighted by atomic mass is 16.5. The van der Waals surface area contributed by atoms with Gasteiger partial charge in [0.1, 0.15) is 12.4 Å². The highest BCUT2D eigenvalue weighted by molar-refractivity contribution is 5.94. The van der Waals surface area contributed by atoms with E-state index in [1.165, 1.54) is 5.56 Å². The lowest BCUT2D eigenvalue weighted by molar-refractivity contribution is 0.0949. The maximum Gasteiger partial charge on any atom is 0.251 e. The number of nitrogens with one attached hydrogen (secondary N) is 1. The van der Waals surface area contributed by atoms with Gasteiger partial charge in [0.2, 0.25) is 0 Å². The van der Waals surface area contributed by atoms with Gasteiger partial charge in [-0.25, -0.2) is 0 Å². The fourth-order valence-corrected chi connectivity index (χ4v) is 2.08. The number of carbonyl (C=O) groups excluding carboxylic acids is 1. The van der Waals surface area contributed by atoms with Gasteiger partial charge >= 0.3 is 0 Å². The van der Waals surface area contributed by atoms with Crippen LogP contribution in [-0.2, 0) is 11.3 Å². The summed E-state index contributed by atoms with van der Waals surface area (Å²) in [6.07, 6.45) is 0. The minimum Gasteiger partial charge on any atom is -0.491 e. The van der Waals surface area contributed by atoms with E-state index in [1.54, 1.807) is 12.1 Å². The van der Waals surface area contributed by atoms with Gasteiger partial charge in [-0.2, -0.15) is 0 Å². The quantitative estimate of drug-likeness (QED) is 0.760. The zero-order valence-corrected chi connectivity index (χ0v) is 13.7. The Morgan fingerprint density at radius 2 is 1.87 bits per heavy atom. The monoisotopic (exact) mass is 313 g/mol. The molecule has 0 aromatic heterocycles. The van der Waals surface area contributed by atoms with E-state index >= 15 is 0 Å². The molecule has 0 spiro atoms. The van der Waals surface area contributed by atoms with Crippen molar-refractivity contribution in [1.29, 1.82) is 0 Å². The van der Waals surface area contributed by atoms with Crippen molar-refractivity contribution in [3.8, 4) is 5.75 Å². The Balaban J connectivity index is 1.87. The molecule has 0 bridgehead atoms. The summed E-state index contributed by atoms with van der Waals surface area (Å²) >= 11 is 0. The van der Waals surface area contributed by atoms with Crippen LogP contribution in [0.15, 0.2) is 48.5 Å². The number of rotatable bonds is 8. The third-order valence-corrected chi connectivity index (χ3v) is 3.37. The maximum absolute atomic E-state index is 12.2. The van der Waals surface area contributed by atoms with Crippen molar-refractivity contribution in [2.45, 2.75) is 20.4 Å². The van der Waals surface area contributed by atoms with Crippen molar-refractivity contribution in [2.24, 2.45) is 0 Å². The second-order valence-corrected chi connectivity index (χ2v) is 5.24. The summed E-state index contributed by atoms with van der Waals surface area (Å²) in [5.74, 6) is 0.563. The van der Waals surface area contributed by atoms with Crippen molar-refractivity contribution in [3.63, 3.8) is 0 Å². The average molecular weight is 313 g/mol. The van der Waals surface area contributed by atoms with Gasteiger partial charge in [-0.05, 0) is 37.6 Å². The predicted octanol–water partition coefficient (Wildman–Crippen LogP) is 3.34. The molecule has 1 N–H and O–H groups in total. The van der Waals surface area contributed by atoms with Crippen molar-refractivity contribution >= 4 is 5.91 Å². The second kappa shape index (κ2) is 8.96. The number of hydrogen-bond donors (Lipinski definition) is 1. The molecule has 0 aliphatic carbocycles. The summed E-state index contributed by atoms with van der Waals surface area (Å²) in [7, 11) is 0. The number of ether oxygens (including phenoxy) is 2. The molecule has 2 aromatic rings. The van der Waals surface area contributed by atoms with Crippen LogP contribution in [0.2, 0.25) is 0 Å². The Hall–Kier alpha value is -2.33. The van der Waals surface area contributed by atoms with E-state index in [1.807, 2.05) is 50.2 Å². The molecule has 2 rings (SSSR count). The molecule has 122 valence electrons. The van der Waals surface area contributed by atoms with Gasteiger partial charge in [0, 0.05) is 18.7 Å². The van der Waals surface area contributed by atoms with Crippen LogP contribution >= 0.6 is 0 Å². The lowest BCUT2D eigenvalue weighted by Gasteiger charge is -2.09. The fourth-order valence-electron chi connectivity index (χ4n) is 2.08. The van der Waals surface area contributed by atoms with E-state index in [9.17, 15) is 4.79 Å². The Kier molecular flexibility index (Phi) is 6.63. The molecular weight excluding hydrogens is 290 g/mol. The molecule has 0 fully saturated rings. The Morgan fingerprint density at radius 1 is 1.09 bits per heavy atom. The number of aryl methyl sites for hydroxylation is 1. The first-order valence-corrected chi connectivity index (χ1v) is 7.83. The summed E-state index contributed by atoms with van der Waals surface area (Å²) in [4.78, 5) is 12.2. The number of hydrogen-bond acceptors (Lipinski definition) is 3. The Labute approximate surface area is 137 Å². The number of carbonyl (C=O) groups is 1. The predicted molar refractivity (Wildman–Crippen MR) is 90.8 cm³/mol. The molecule has 0 atom stereocenters. The third-order valence-electron chi connectivity index (χ3n) is 3.37. The largest absolute Gasteiger partial charge is 0.491 e. The van der Waals surface area contributed by atoms with Crippen LogP contribution in [0.3, 0.4) is 0 Å². The van der Waals surface area contributed by atoms with Crippen LogP contribution in [0.4, 0.5) is 0 Å². The highest BCUT2D eigenvalue weighted by Crippen LogP contribution is 2.13. The van der Waals surface area contributed by atoms with Crippen molar-refractivity contribution in [1.82, 2.24) is 5.32 Å². The molecule has 2 aromatic carbocycles. The zero-order chi connectivity index (χ0) is 16.5. The van der Waals surface area contributed by atoms with E-state index in [0.29, 0.717) is 37.7 Å². The molecular formula is C19H23NO3. The van der Waals surface area contributed by atoms with Gasteiger partial charge in [-0.1, -0.05) is 35.9 Å². The van der Waals surface area contributed by atoms with Crippen LogP contribution in [0.1, 0.15) is 28.4 Å². The van der Waals surface area contributed by atoms with Crippen LogP contribution in [0.5, 0.6) is 5.75 Å². The first-order chi connectivity index (χ1) is 11.2. The highest BCUT2D eigenvalue weighted by Gasteiger charge is 2.06. The second-order valence-electron chi connectivity index (χ2n) is 5.24. The molecule has 4 nitrogen and oxygen atoms in total. The molecule has 0 saturated heterocycles. The molecule has 0 aliphatic rings. The van der Waals surface area contributed by atoms with Crippen molar-refractivity contribution < 1.29 is 14.3 Å². The normalized spacial score (nSPS) is 10.3. The first-order valence-electron chi connectivity index (χ1n) is 7.83. The molecule has 1 amide bonds. The number of benzene rings is 2. The summed E-state index contributed by atoms with van der Waals surface area (Å²) < 4.78 is 10.8. The maximum atomic E-state index is 12.2. The third kappa shape index (κ3) is 5.75. The van der Waals surface area contributed by atoms with E-state index in [2.05, 4.69) is 5.32 Å². The van der Waals surface area contributed by atoms with Gasteiger partial charge in [0.05, 0.1) is 6.61 Å². The van der Waals surface area contributed by atoms with Crippen LogP contribution in [0, 0.1) is 6.92 Å². The van der Waals surface area contributed by atoms with Gasteiger partial charge in [0.15, 0.2) is 0 Å². The molecule has 0 heterocycles. The molecule has 0 radical (unpaired) electrons. The van der Waals surface area contributed by atoms with Crippen LogP contribution < -0.4 is 10.1 Å². The summed E-state index contributed by atoms with van der Waals surface area (Å²) in [6, 6.07) is 15.3. The summed E-state index contributed by atoms with van der Waals surface area (Å²) in [6.45, 7) is 6.18. The Bertz CT molecular complexity index is 623. The lowest BCUT2D eigenvalue weighted by atomic mass is 10.1. The Morgan fingerprint density at radius 3 is 2.61 bits per heavy atom. The lowest BCUT2D eigenvalue weighted by Crippen LogP contribution is -2.22. The zero-order valence-electron chi connectivity index (χ0n) is 13.7. The smallest absolute Gasteiger partial charge is 0.251 e. The molecule has 23 heavy (non-hydrogen) atoms. The van der Waals surface area contributed by atoms with Crippen molar-refractivity contribution in [2.75, 3.05) is 19.8 Å². The van der Waals surface area contributed by atoms with Crippen LogP contribution in [-0.4, -0.2) is 25.7 Å². The molecule has 0 saturated carbocycles. The SMILES string of the molecule is CCOCCOc1cccc(C(=O)NCc2ccc(C)cc2)c1. The van der Waals surface area contributed by atoms with Crippen LogP contribution in [0.25, 0.3) is 0 Å².